The molecule has 0 aromatic heterocycles. The maximum Gasteiger partial charge on any atom is 0.244 e. The van der Waals surface area contributed by atoms with Crippen molar-refractivity contribution in [3.63, 3.8) is 0 Å². The minimum Gasteiger partial charge on any atom is -0.376 e. The van der Waals surface area contributed by atoms with Gasteiger partial charge in [-0.3, -0.25) is 10.1 Å². The van der Waals surface area contributed by atoms with Crippen LogP contribution in [0.4, 0.5) is 0 Å². The van der Waals surface area contributed by atoms with E-state index in [2.05, 4.69) is 31.3 Å². The lowest BCUT2D eigenvalue weighted by molar-refractivity contribution is -0.136. The molecule has 0 spiro atoms. The Morgan fingerprint density at radius 2 is 2.10 bits per heavy atom. The molecule has 1 amide bonds. The van der Waals surface area contributed by atoms with E-state index >= 15 is 0 Å². The molecule has 3 rings (SSSR count). The molecule has 2 heterocycles. The van der Waals surface area contributed by atoms with Gasteiger partial charge in [0.25, 0.3) is 0 Å². The summed E-state index contributed by atoms with van der Waals surface area (Å²) in [5.74, 6) is 0.196. The lowest BCUT2D eigenvalue weighted by Gasteiger charge is -2.32. The maximum absolute atomic E-state index is 13.0. The van der Waals surface area contributed by atoms with Gasteiger partial charge in [-0.15, -0.1) is 0 Å². The van der Waals surface area contributed by atoms with Crippen LogP contribution in [0.25, 0.3) is 0 Å². The normalized spacial score (nSPS) is 36.4. The molecule has 0 bridgehead atoms. The summed E-state index contributed by atoms with van der Waals surface area (Å²) in [6.45, 7) is 6.87. The summed E-state index contributed by atoms with van der Waals surface area (Å²) < 4.78 is 5.69. The number of amides is 1. The fourth-order valence-electron chi connectivity index (χ4n) is 3.40. The Labute approximate surface area is 126 Å². The Bertz CT molecular complexity index is 519. The van der Waals surface area contributed by atoms with E-state index in [4.69, 9.17) is 4.74 Å². The monoisotopic (exact) mass is 288 g/mol. The van der Waals surface area contributed by atoms with Gasteiger partial charge in [0.2, 0.25) is 5.91 Å². The van der Waals surface area contributed by atoms with E-state index in [9.17, 15) is 4.79 Å². The van der Waals surface area contributed by atoms with Crippen LogP contribution in [0.2, 0.25) is 0 Å². The quantitative estimate of drug-likeness (QED) is 0.929. The number of carbonyl (C=O) groups is 1. The van der Waals surface area contributed by atoms with Gasteiger partial charge in [0, 0.05) is 6.61 Å². The number of nitrogens with zero attached hydrogens (tertiary/aromatic N) is 1. The average Bonchev–Trinajstić information content (AvgIpc) is 3.03. The molecule has 4 unspecified atom stereocenters. The largest absolute Gasteiger partial charge is 0.376 e. The zero-order valence-electron chi connectivity index (χ0n) is 13.0. The van der Waals surface area contributed by atoms with Gasteiger partial charge in [0.15, 0.2) is 0 Å². The van der Waals surface area contributed by atoms with Crippen molar-refractivity contribution in [3.05, 3.63) is 35.9 Å². The highest BCUT2D eigenvalue weighted by Gasteiger charge is 2.51. The highest BCUT2D eigenvalue weighted by Crippen LogP contribution is 2.37. The Kier molecular flexibility index (Phi) is 3.76. The summed E-state index contributed by atoms with van der Waals surface area (Å²) in [6.07, 6.45) is 1.74. The van der Waals surface area contributed by atoms with Crippen LogP contribution in [0.15, 0.2) is 30.3 Å². The van der Waals surface area contributed by atoms with Crippen molar-refractivity contribution in [2.75, 3.05) is 6.61 Å². The molecule has 1 aromatic carbocycles. The Balaban J connectivity index is 1.98. The fraction of sp³-hybridized carbons (Fsp3) is 0.588. The SMILES string of the molecule is CCC1(C)NC(c2ccccc2)N(C2CCOC2C)C1=O. The van der Waals surface area contributed by atoms with Crippen LogP contribution in [0.3, 0.4) is 0 Å². The number of rotatable bonds is 3. The third kappa shape index (κ3) is 2.36. The van der Waals surface area contributed by atoms with Crippen molar-refractivity contribution in [2.45, 2.75) is 57.5 Å². The first-order valence-corrected chi connectivity index (χ1v) is 7.84. The van der Waals surface area contributed by atoms with Crippen molar-refractivity contribution >= 4 is 5.91 Å². The van der Waals surface area contributed by atoms with E-state index in [-0.39, 0.29) is 24.2 Å². The molecule has 4 heteroatoms. The highest BCUT2D eigenvalue weighted by atomic mass is 16.5. The van der Waals surface area contributed by atoms with E-state index < -0.39 is 5.54 Å². The van der Waals surface area contributed by atoms with E-state index in [1.165, 1.54) is 0 Å². The van der Waals surface area contributed by atoms with Gasteiger partial charge >= 0.3 is 0 Å². The van der Waals surface area contributed by atoms with Gasteiger partial charge < -0.3 is 9.64 Å². The predicted octanol–water partition coefficient (Wildman–Crippen LogP) is 2.46. The van der Waals surface area contributed by atoms with Gasteiger partial charge in [0.1, 0.15) is 6.17 Å². The lowest BCUT2D eigenvalue weighted by Crippen LogP contribution is -2.46. The molecule has 0 aliphatic carbocycles. The molecule has 2 aliphatic heterocycles. The van der Waals surface area contributed by atoms with Gasteiger partial charge in [0.05, 0.1) is 17.7 Å². The third-order valence-electron chi connectivity index (χ3n) is 4.96. The topological polar surface area (TPSA) is 41.6 Å². The molecule has 2 fully saturated rings. The number of carbonyl (C=O) groups excluding carboxylic acids is 1. The molecule has 2 aliphatic rings. The maximum atomic E-state index is 13.0. The summed E-state index contributed by atoms with van der Waals surface area (Å²) in [5, 5.41) is 3.55. The average molecular weight is 288 g/mol. The van der Waals surface area contributed by atoms with Gasteiger partial charge in [-0.25, -0.2) is 0 Å². The fourth-order valence-corrected chi connectivity index (χ4v) is 3.40. The van der Waals surface area contributed by atoms with Crippen molar-refractivity contribution < 1.29 is 9.53 Å². The second-order valence-electron chi connectivity index (χ2n) is 6.29. The molecular formula is C17H24N2O2. The Hall–Kier alpha value is -1.39. The van der Waals surface area contributed by atoms with Crippen LogP contribution in [0.1, 0.15) is 45.3 Å². The Morgan fingerprint density at radius 3 is 2.67 bits per heavy atom. The number of ether oxygens (including phenoxy) is 1. The molecule has 21 heavy (non-hydrogen) atoms. The van der Waals surface area contributed by atoms with Gasteiger partial charge in [-0.05, 0) is 32.3 Å². The molecule has 4 atom stereocenters. The first-order valence-electron chi connectivity index (χ1n) is 7.84. The van der Waals surface area contributed by atoms with Crippen LogP contribution in [-0.4, -0.2) is 35.1 Å². The first kappa shape index (κ1) is 14.5. The number of hydrogen-bond donors (Lipinski definition) is 1. The van der Waals surface area contributed by atoms with Crippen molar-refractivity contribution in [3.8, 4) is 0 Å². The van der Waals surface area contributed by atoms with Crippen LogP contribution in [0.5, 0.6) is 0 Å². The first-order chi connectivity index (χ1) is 10.1. The second kappa shape index (κ2) is 5.43. The van der Waals surface area contributed by atoms with Gasteiger partial charge in [-0.2, -0.15) is 0 Å². The molecule has 2 saturated heterocycles. The summed E-state index contributed by atoms with van der Waals surface area (Å²) >= 11 is 0. The second-order valence-corrected chi connectivity index (χ2v) is 6.29. The molecule has 4 nitrogen and oxygen atoms in total. The molecule has 0 radical (unpaired) electrons. The standard InChI is InChI=1S/C17H24N2O2/c1-4-17(3)16(20)19(14-10-11-21-12(14)2)15(18-17)13-8-6-5-7-9-13/h5-9,12,14-15,18H,4,10-11H2,1-3H3. The zero-order valence-corrected chi connectivity index (χ0v) is 13.0. The zero-order chi connectivity index (χ0) is 15.0. The summed E-state index contributed by atoms with van der Waals surface area (Å²) in [6, 6.07) is 10.4. The van der Waals surface area contributed by atoms with E-state index in [0.717, 1.165) is 25.0 Å². The summed E-state index contributed by atoms with van der Waals surface area (Å²) in [5.41, 5.74) is 0.658. The van der Waals surface area contributed by atoms with Crippen molar-refractivity contribution in [2.24, 2.45) is 0 Å². The smallest absolute Gasteiger partial charge is 0.244 e. The highest BCUT2D eigenvalue weighted by molar-refractivity contribution is 5.89. The molecular weight excluding hydrogens is 264 g/mol. The number of nitrogens with one attached hydrogen (secondary N) is 1. The lowest BCUT2D eigenvalue weighted by atomic mass is 9.98. The Morgan fingerprint density at radius 1 is 1.38 bits per heavy atom. The molecule has 1 aromatic rings. The van der Waals surface area contributed by atoms with Crippen LogP contribution < -0.4 is 5.32 Å². The van der Waals surface area contributed by atoms with Crippen LogP contribution in [-0.2, 0) is 9.53 Å². The van der Waals surface area contributed by atoms with Crippen molar-refractivity contribution in [1.82, 2.24) is 10.2 Å². The third-order valence-corrected chi connectivity index (χ3v) is 4.96. The molecule has 1 N–H and O–H groups in total. The van der Waals surface area contributed by atoms with Crippen LogP contribution in [0, 0.1) is 0 Å². The molecule has 114 valence electrons. The molecule has 0 saturated carbocycles. The van der Waals surface area contributed by atoms with Crippen LogP contribution >= 0.6 is 0 Å². The minimum atomic E-state index is -0.483. The number of benzene rings is 1. The summed E-state index contributed by atoms with van der Waals surface area (Å²) in [7, 11) is 0. The minimum absolute atomic E-state index is 0.0576. The van der Waals surface area contributed by atoms with Gasteiger partial charge in [-0.1, -0.05) is 37.3 Å². The van der Waals surface area contributed by atoms with E-state index in [1.54, 1.807) is 0 Å². The van der Waals surface area contributed by atoms with Crippen molar-refractivity contribution in [1.29, 1.82) is 0 Å². The number of hydrogen-bond acceptors (Lipinski definition) is 3. The van der Waals surface area contributed by atoms with E-state index in [0.29, 0.717) is 0 Å². The predicted molar refractivity (Wildman–Crippen MR) is 81.7 cm³/mol. The van der Waals surface area contributed by atoms with E-state index in [1.807, 2.05) is 30.0 Å². The summed E-state index contributed by atoms with van der Waals surface area (Å²) in [4.78, 5) is 15.0.